The fraction of sp³-hybridized carbons (Fsp3) is 0.625. The Kier molecular flexibility index (Phi) is 2.96. The smallest absolute Gasteiger partial charge is 0.142 e. The second-order valence-electron chi connectivity index (χ2n) is 3.03. The molecule has 1 heterocycles. The highest BCUT2D eigenvalue weighted by molar-refractivity contribution is 5.60. The van der Waals surface area contributed by atoms with E-state index in [9.17, 15) is 0 Å². The van der Waals surface area contributed by atoms with Crippen molar-refractivity contribution in [3.05, 3.63) is 6.20 Å². The molecule has 0 aliphatic heterocycles. The second kappa shape index (κ2) is 3.99. The van der Waals surface area contributed by atoms with Gasteiger partial charge in [0, 0.05) is 6.04 Å². The summed E-state index contributed by atoms with van der Waals surface area (Å²) in [5.41, 5.74) is 6.50. The van der Waals surface area contributed by atoms with Gasteiger partial charge in [0.25, 0.3) is 0 Å². The molecule has 4 nitrogen and oxygen atoms in total. The maximum atomic E-state index is 5.60. The third-order valence-corrected chi connectivity index (χ3v) is 1.79. The van der Waals surface area contributed by atoms with E-state index in [1.54, 1.807) is 6.20 Å². The fourth-order valence-electron chi connectivity index (χ4n) is 1.18. The highest BCUT2D eigenvalue weighted by Gasteiger charge is 2.04. The van der Waals surface area contributed by atoms with E-state index in [1.165, 1.54) is 6.42 Å². The lowest BCUT2D eigenvalue weighted by atomic mass is 10.2. The number of hydrogen-bond acceptors (Lipinski definition) is 3. The van der Waals surface area contributed by atoms with Gasteiger partial charge in [0.2, 0.25) is 0 Å². The minimum absolute atomic E-state index is 0.454. The van der Waals surface area contributed by atoms with Gasteiger partial charge in [0.15, 0.2) is 0 Å². The Bertz CT molecular complexity index is 231. The summed E-state index contributed by atoms with van der Waals surface area (Å²) in [5.74, 6) is 0.609. The van der Waals surface area contributed by atoms with E-state index in [0.717, 1.165) is 12.1 Å². The quantitative estimate of drug-likeness (QED) is 0.639. The number of nitrogens with two attached hydrogens (primary N) is 1. The predicted molar refractivity (Wildman–Crippen MR) is 51.0 cm³/mol. The molecule has 0 aliphatic carbocycles. The van der Waals surface area contributed by atoms with Gasteiger partial charge in [-0.1, -0.05) is 13.3 Å². The van der Waals surface area contributed by atoms with Crippen LogP contribution in [0.5, 0.6) is 0 Å². The van der Waals surface area contributed by atoms with Gasteiger partial charge < -0.3 is 11.1 Å². The number of aromatic nitrogens is 2. The number of anilines is 2. The second-order valence-corrected chi connectivity index (χ2v) is 3.03. The fourth-order valence-corrected chi connectivity index (χ4v) is 1.18. The summed E-state index contributed by atoms with van der Waals surface area (Å²) in [5, 5.41) is 9.78. The molecule has 1 aromatic heterocycles. The van der Waals surface area contributed by atoms with E-state index in [-0.39, 0.29) is 0 Å². The Morgan fingerprint density at radius 1 is 1.75 bits per heavy atom. The van der Waals surface area contributed by atoms with E-state index in [1.807, 2.05) is 0 Å². The van der Waals surface area contributed by atoms with Crippen molar-refractivity contribution in [1.82, 2.24) is 10.2 Å². The molecule has 4 heteroatoms. The Labute approximate surface area is 72.5 Å². The van der Waals surface area contributed by atoms with Crippen LogP contribution in [0.25, 0.3) is 0 Å². The zero-order valence-electron chi connectivity index (χ0n) is 7.59. The van der Waals surface area contributed by atoms with Gasteiger partial charge >= 0.3 is 0 Å². The first kappa shape index (κ1) is 8.90. The monoisotopic (exact) mass is 168 g/mol. The normalized spacial score (nSPS) is 12.8. The van der Waals surface area contributed by atoms with E-state index >= 15 is 0 Å². The van der Waals surface area contributed by atoms with E-state index in [0.29, 0.717) is 11.9 Å². The van der Waals surface area contributed by atoms with Crippen LogP contribution in [0.1, 0.15) is 26.7 Å². The lowest BCUT2D eigenvalue weighted by Crippen LogP contribution is -2.14. The first-order valence-electron chi connectivity index (χ1n) is 4.29. The van der Waals surface area contributed by atoms with Crippen LogP contribution in [0.3, 0.4) is 0 Å². The third kappa shape index (κ3) is 2.15. The number of H-pyrrole nitrogens is 1. The number of rotatable bonds is 4. The van der Waals surface area contributed by atoms with Crippen LogP contribution in [0.2, 0.25) is 0 Å². The molecule has 0 aromatic carbocycles. The standard InChI is InChI=1S/C8H16N4/c1-3-4-6(2)11-7-5-10-12-8(7)9/h5-6,11H,3-4H2,1-2H3,(H3,9,10,12). The van der Waals surface area contributed by atoms with Gasteiger partial charge in [0.05, 0.1) is 11.9 Å². The van der Waals surface area contributed by atoms with Crippen LogP contribution < -0.4 is 11.1 Å². The average Bonchev–Trinajstić information content (AvgIpc) is 2.37. The molecule has 68 valence electrons. The number of nitrogens with zero attached hydrogens (tertiary/aromatic N) is 1. The summed E-state index contributed by atoms with van der Waals surface area (Å²) in [6.07, 6.45) is 4.03. The van der Waals surface area contributed by atoms with Crippen molar-refractivity contribution in [2.24, 2.45) is 0 Å². The maximum Gasteiger partial charge on any atom is 0.142 e. The van der Waals surface area contributed by atoms with Crippen molar-refractivity contribution in [3.8, 4) is 0 Å². The minimum atomic E-state index is 0.454. The molecule has 0 fully saturated rings. The van der Waals surface area contributed by atoms with E-state index in [2.05, 4.69) is 29.4 Å². The lowest BCUT2D eigenvalue weighted by molar-refractivity contribution is 0.691. The maximum absolute atomic E-state index is 5.60. The van der Waals surface area contributed by atoms with Gasteiger partial charge in [-0.05, 0) is 13.3 Å². The van der Waals surface area contributed by atoms with Crippen molar-refractivity contribution >= 4 is 11.5 Å². The molecule has 0 bridgehead atoms. The molecule has 0 aliphatic rings. The summed E-state index contributed by atoms with van der Waals surface area (Å²) < 4.78 is 0. The molecule has 1 rings (SSSR count). The first-order chi connectivity index (χ1) is 5.74. The molecular formula is C8H16N4. The number of hydrogen-bond donors (Lipinski definition) is 3. The van der Waals surface area contributed by atoms with Gasteiger partial charge in [-0.15, -0.1) is 0 Å². The molecule has 0 saturated carbocycles. The molecule has 1 atom stereocenters. The molecule has 12 heavy (non-hydrogen) atoms. The Hall–Kier alpha value is -1.19. The number of nitrogen functional groups attached to an aromatic ring is 1. The molecule has 0 saturated heterocycles. The SMILES string of the molecule is CCCC(C)Nc1cn[nH]c1N. The van der Waals surface area contributed by atoms with Crippen LogP contribution in [-0.2, 0) is 0 Å². The van der Waals surface area contributed by atoms with Crippen molar-refractivity contribution in [1.29, 1.82) is 0 Å². The van der Waals surface area contributed by atoms with E-state index in [4.69, 9.17) is 5.73 Å². The van der Waals surface area contributed by atoms with Crippen LogP contribution in [0.15, 0.2) is 6.20 Å². The number of aromatic amines is 1. The van der Waals surface area contributed by atoms with Gasteiger partial charge in [-0.3, -0.25) is 5.10 Å². The molecule has 0 amide bonds. The summed E-state index contributed by atoms with van der Waals surface area (Å²) in [6, 6.07) is 0.454. The zero-order chi connectivity index (χ0) is 8.97. The predicted octanol–water partition coefficient (Wildman–Crippen LogP) is 1.59. The molecular weight excluding hydrogens is 152 g/mol. The van der Waals surface area contributed by atoms with Gasteiger partial charge in [0.1, 0.15) is 5.82 Å². The lowest BCUT2D eigenvalue weighted by Gasteiger charge is -2.12. The third-order valence-electron chi connectivity index (χ3n) is 1.79. The largest absolute Gasteiger partial charge is 0.382 e. The van der Waals surface area contributed by atoms with Gasteiger partial charge in [-0.25, -0.2) is 0 Å². The Balaban J connectivity index is 2.46. The molecule has 1 aromatic rings. The topological polar surface area (TPSA) is 66.7 Å². The Morgan fingerprint density at radius 2 is 2.50 bits per heavy atom. The highest BCUT2D eigenvalue weighted by Crippen LogP contribution is 2.15. The Morgan fingerprint density at radius 3 is 3.00 bits per heavy atom. The zero-order valence-corrected chi connectivity index (χ0v) is 7.59. The molecule has 0 spiro atoms. The summed E-state index contributed by atoms with van der Waals surface area (Å²) in [7, 11) is 0. The van der Waals surface area contributed by atoms with Crippen LogP contribution in [0, 0.1) is 0 Å². The van der Waals surface area contributed by atoms with Crippen LogP contribution in [-0.4, -0.2) is 16.2 Å². The van der Waals surface area contributed by atoms with Crippen LogP contribution >= 0.6 is 0 Å². The summed E-state index contributed by atoms with van der Waals surface area (Å²) in [4.78, 5) is 0. The molecule has 0 radical (unpaired) electrons. The average molecular weight is 168 g/mol. The van der Waals surface area contributed by atoms with Crippen molar-refractivity contribution in [2.45, 2.75) is 32.7 Å². The van der Waals surface area contributed by atoms with Crippen molar-refractivity contribution in [3.63, 3.8) is 0 Å². The summed E-state index contributed by atoms with van der Waals surface area (Å²) >= 11 is 0. The number of nitrogens with one attached hydrogen (secondary N) is 2. The molecule has 1 unspecified atom stereocenters. The van der Waals surface area contributed by atoms with Crippen molar-refractivity contribution < 1.29 is 0 Å². The van der Waals surface area contributed by atoms with Crippen LogP contribution in [0.4, 0.5) is 11.5 Å². The molecule has 4 N–H and O–H groups in total. The summed E-state index contributed by atoms with van der Waals surface area (Å²) in [6.45, 7) is 4.30. The van der Waals surface area contributed by atoms with Crippen molar-refractivity contribution in [2.75, 3.05) is 11.1 Å². The minimum Gasteiger partial charge on any atom is -0.382 e. The van der Waals surface area contributed by atoms with Gasteiger partial charge in [-0.2, -0.15) is 5.10 Å². The van der Waals surface area contributed by atoms with E-state index < -0.39 is 0 Å². The first-order valence-corrected chi connectivity index (χ1v) is 4.29. The highest BCUT2D eigenvalue weighted by atomic mass is 15.2.